The van der Waals surface area contributed by atoms with Crippen LogP contribution in [0, 0.1) is 0 Å². The van der Waals surface area contributed by atoms with Gasteiger partial charge in [0.2, 0.25) is 0 Å². The van der Waals surface area contributed by atoms with Crippen LogP contribution in [0.2, 0.25) is 10.0 Å². The van der Waals surface area contributed by atoms with E-state index in [0.717, 1.165) is 24.3 Å². The van der Waals surface area contributed by atoms with Crippen molar-refractivity contribution in [3.8, 4) is 11.5 Å². The van der Waals surface area contributed by atoms with Crippen LogP contribution < -0.4 is 4.74 Å². The Morgan fingerprint density at radius 2 is 1.85 bits per heavy atom. The Kier molecular flexibility index (Phi) is 6.05. The zero-order valence-electron chi connectivity index (χ0n) is 13.5. The van der Waals surface area contributed by atoms with Crippen molar-refractivity contribution in [1.82, 2.24) is 0 Å². The summed E-state index contributed by atoms with van der Waals surface area (Å²) in [7, 11) is 1.42. The molecule has 4 nitrogen and oxygen atoms in total. The summed E-state index contributed by atoms with van der Waals surface area (Å²) < 4.78 is 48.7. The summed E-state index contributed by atoms with van der Waals surface area (Å²) in [5.41, 5.74) is -0.802. The van der Waals surface area contributed by atoms with E-state index in [1.54, 1.807) is 6.92 Å². The maximum absolute atomic E-state index is 12.7. The topological polar surface area (TPSA) is 55.8 Å². The number of methoxy groups -OCH3 is 1. The molecule has 140 valence electrons. The van der Waals surface area contributed by atoms with Crippen LogP contribution in [0.1, 0.15) is 34.5 Å². The third kappa shape index (κ3) is 4.41. The van der Waals surface area contributed by atoms with E-state index in [1.807, 2.05) is 0 Å². The third-order valence-electron chi connectivity index (χ3n) is 3.58. The van der Waals surface area contributed by atoms with Gasteiger partial charge in [0.05, 0.1) is 27.3 Å². The summed E-state index contributed by atoms with van der Waals surface area (Å²) in [6, 6.07) is 5.19. The minimum Gasteiger partial charge on any atom is -0.478 e. The third-order valence-corrected chi connectivity index (χ3v) is 4.30. The van der Waals surface area contributed by atoms with Crippen LogP contribution in [0.15, 0.2) is 30.3 Å². The van der Waals surface area contributed by atoms with E-state index >= 15 is 0 Å². The quantitative estimate of drug-likeness (QED) is 0.638. The van der Waals surface area contributed by atoms with Crippen molar-refractivity contribution in [3.05, 3.63) is 57.1 Å². The fourth-order valence-electron chi connectivity index (χ4n) is 2.14. The number of rotatable bonds is 5. The lowest BCUT2D eigenvalue weighted by Gasteiger charge is -2.17. The number of hydrogen-bond donors (Lipinski definition) is 1. The Labute approximate surface area is 157 Å². The molecule has 1 atom stereocenters. The van der Waals surface area contributed by atoms with Gasteiger partial charge in [-0.15, -0.1) is 0 Å². The molecular formula is C17H13Cl2F3O4. The molecule has 0 saturated heterocycles. The molecule has 0 spiro atoms. The average Bonchev–Trinajstić information content (AvgIpc) is 2.56. The normalized spacial score (nSPS) is 12.7. The summed E-state index contributed by atoms with van der Waals surface area (Å²) >= 11 is 11.9. The lowest BCUT2D eigenvalue weighted by Crippen LogP contribution is -2.06. The molecule has 26 heavy (non-hydrogen) atoms. The van der Waals surface area contributed by atoms with Gasteiger partial charge >= 0.3 is 12.1 Å². The van der Waals surface area contributed by atoms with Crippen molar-refractivity contribution >= 4 is 29.2 Å². The standard InChI is InChI=1S/C17H13Cl2F3O4/c1-8(25-2)11-6-10(7-12(15(11)19)16(23)24)26-14-4-3-9(5-13(14)18)17(20,21)22/h3-8H,1-2H3,(H,23,24). The molecule has 0 heterocycles. The van der Waals surface area contributed by atoms with E-state index in [1.165, 1.54) is 13.2 Å². The molecule has 0 aromatic heterocycles. The van der Waals surface area contributed by atoms with Crippen molar-refractivity contribution in [2.45, 2.75) is 19.2 Å². The number of halogens is 5. The number of benzene rings is 2. The number of carboxylic acid groups (broad SMARTS) is 1. The zero-order valence-corrected chi connectivity index (χ0v) is 15.0. The Morgan fingerprint density at radius 1 is 1.19 bits per heavy atom. The first kappa shape index (κ1) is 20.4. The van der Waals surface area contributed by atoms with Crippen molar-refractivity contribution in [2.24, 2.45) is 0 Å². The number of ether oxygens (including phenoxy) is 2. The van der Waals surface area contributed by atoms with E-state index in [2.05, 4.69) is 0 Å². The number of carboxylic acids is 1. The first-order valence-corrected chi connectivity index (χ1v) is 7.94. The monoisotopic (exact) mass is 408 g/mol. The second-order valence-corrected chi connectivity index (χ2v) is 6.09. The Hall–Kier alpha value is -1.96. The van der Waals surface area contributed by atoms with Gasteiger partial charge in [-0.1, -0.05) is 23.2 Å². The predicted octanol–water partition coefficient (Wildman–Crippen LogP) is 6.21. The minimum absolute atomic E-state index is 0.0160. The second-order valence-electron chi connectivity index (χ2n) is 5.30. The summed E-state index contributed by atoms with van der Waals surface area (Å²) in [6.07, 6.45) is -5.08. The molecule has 0 aliphatic heterocycles. The molecule has 2 aromatic rings. The second kappa shape index (κ2) is 7.73. The Balaban J connectivity index is 2.46. The van der Waals surface area contributed by atoms with Crippen molar-refractivity contribution in [1.29, 1.82) is 0 Å². The van der Waals surface area contributed by atoms with E-state index in [-0.39, 0.29) is 27.1 Å². The molecule has 0 aliphatic rings. The van der Waals surface area contributed by atoms with Gasteiger partial charge in [0.1, 0.15) is 11.5 Å². The summed E-state index contributed by atoms with van der Waals surface area (Å²) in [6.45, 7) is 1.65. The number of carbonyl (C=O) groups is 1. The first-order valence-electron chi connectivity index (χ1n) is 7.18. The highest BCUT2D eigenvalue weighted by Crippen LogP contribution is 2.38. The number of alkyl halides is 3. The summed E-state index contributed by atoms with van der Waals surface area (Å²) in [5, 5.41) is 9.00. The van der Waals surface area contributed by atoms with Crippen LogP contribution in [0.5, 0.6) is 11.5 Å². The van der Waals surface area contributed by atoms with Gasteiger partial charge in [0.25, 0.3) is 0 Å². The van der Waals surface area contributed by atoms with Gasteiger partial charge in [-0.3, -0.25) is 0 Å². The van der Waals surface area contributed by atoms with Crippen molar-refractivity contribution < 1.29 is 32.5 Å². The highest BCUT2D eigenvalue weighted by atomic mass is 35.5. The largest absolute Gasteiger partial charge is 0.478 e. The van der Waals surface area contributed by atoms with Gasteiger partial charge in [-0.2, -0.15) is 13.2 Å². The molecule has 2 aromatic carbocycles. The molecule has 0 aliphatic carbocycles. The molecule has 0 saturated carbocycles. The molecule has 0 fully saturated rings. The van der Waals surface area contributed by atoms with Gasteiger partial charge in [-0.25, -0.2) is 4.79 Å². The molecular weight excluding hydrogens is 396 g/mol. The molecule has 0 bridgehead atoms. The van der Waals surface area contributed by atoms with E-state index < -0.39 is 23.8 Å². The van der Waals surface area contributed by atoms with Crippen LogP contribution >= 0.6 is 23.2 Å². The summed E-state index contributed by atoms with van der Waals surface area (Å²) in [5.74, 6) is -1.30. The lowest BCUT2D eigenvalue weighted by molar-refractivity contribution is -0.137. The van der Waals surface area contributed by atoms with Crippen LogP contribution in [-0.4, -0.2) is 18.2 Å². The van der Waals surface area contributed by atoms with E-state index in [0.29, 0.717) is 5.56 Å². The number of aromatic carboxylic acids is 1. The molecule has 0 amide bonds. The van der Waals surface area contributed by atoms with Gasteiger partial charge in [0, 0.05) is 12.7 Å². The maximum Gasteiger partial charge on any atom is 0.416 e. The van der Waals surface area contributed by atoms with E-state index in [4.69, 9.17) is 32.7 Å². The highest BCUT2D eigenvalue weighted by Gasteiger charge is 2.31. The van der Waals surface area contributed by atoms with Crippen molar-refractivity contribution in [3.63, 3.8) is 0 Å². The fraction of sp³-hybridized carbons (Fsp3) is 0.235. The Bertz CT molecular complexity index is 837. The molecule has 9 heteroatoms. The highest BCUT2D eigenvalue weighted by molar-refractivity contribution is 6.34. The minimum atomic E-state index is -4.54. The van der Waals surface area contributed by atoms with Gasteiger partial charge < -0.3 is 14.6 Å². The van der Waals surface area contributed by atoms with E-state index in [9.17, 15) is 23.1 Å². The van der Waals surface area contributed by atoms with Gasteiger partial charge in [0.15, 0.2) is 0 Å². The smallest absolute Gasteiger partial charge is 0.416 e. The molecule has 1 unspecified atom stereocenters. The maximum atomic E-state index is 12.7. The fourth-order valence-corrected chi connectivity index (χ4v) is 2.71. The van der Waals surface area contributed by atoms with Crippen LogP contribution in [0.25, 0.3) is 0 Å². The SMILES string of the molecule is COC(C)c1cc(Oc2ccc(C(F)(F)F)cc2Cl)cc(C(=O)O)c1Cl. The number of hydrogen-bond acceptors (Lipinski definition) is 3. The van der Waals surface area contributed by atoms with Gasteiger partial charge in [-0.05, 0) is 37.3 Å². The predicted molar refractivity (Wildman–Crippen MR) is 90.4 cm³/mol. The first-order chi connectivity index (χ1) is 12.0. The van der Waals surface area contributed by atoms with Crippen molar-refractivity contribution in [2.75, 3.05) is 7.11 Å². The molecule has 1 N–H and O–H groups in total. The zero-order chi connectivity index (χ0) is 19.6. The average molecular weight is 409 g/mol. The molecule has 0 radical (unpaired) electrons. The Morgan fingerprint density at radius 3 is 2.35 bits per heavy atom. The lowest BCUT2D eigenvalue weighted by atomic mass is 10.1. The van der Waals surface area contributed by atoms with Crippen LogP contribution in [-0.2, 0) is 10.9 Å². The van der Waals surface area contributed by atoms with Crippen LogP contribution in [0.3, 0.4) is 0 Å². The van der Waals surface area contributed by atoms with Crippen LogP contribution in [0.4, 0.5) is 13.2 Å². The molecule has 2 rings (SSSR count). The summed E-state index contributed by atoms with van der Waals surface area (Å²) in [4.78, 5) is 11.4.